The van der Waals surface area contributed by atoms with Gasteiger partial charge in [0.2, 0.25) is 0 Å². The standard InChI is InChI=1S/C15H10ClFN2O3/c1-19-11-7-8(5-6-12(11)22-15(19)21)18-14(20)13-9(16)3-2-4-10(13)17/h2-7H,1H3,(H,18,20). The summed E-state index contributed by atoms with van der Waals surface area (Å²) in [4.78, 5) is 23.6. The first-order valence-electron chi connectivity index (χ1n) is 6.32. The number of anilines is 1. The predicted octanol–water partition coefficient (Wildman–Crippen LogP) is 3.18. The van der Waals surface area contributed by atoms with Crippen molar-refractivity contribution in [1.82, 2.24) is 4.57 Å². The number of aromatic nitrogens is 1. The smallest absolute Gasteiger partial charge is 0.408 e. The molecule has 7 heteroatoms. The molecule has 0 aliphatic rings. The Hall–Kier alpha value is -2.60. The number of carbonyl (C=O) groups is 1. The number of rotatable bonds is 2. The highest BCUT2D eigenvalue weighted by molar-refractivity contribution is 6.34. The topological polar surface area (TPSA) is 64.2 Å². The Balaban J connectivity index is 1.97. The van der Waals surface area contributed by atoms with Gasteiger partial charge in [-0.15, -0.1) is 0 Å². The van der Waals surface area contributed by atoms with E-state index in [9.17, 15) is 14.0 Å². The molecule has 0 unspecified atom stereocenters. The zero-order valence-corrected chi connectivity index (χ0v) is 12.1. The summed E-state index contributed by atoms with van der Waals surface area (Å²) >= 11 is 5.85. The quantitative estimate of drug-likeness (QED) is 0.788. The third kappa shape index (κ3) is 2.37. The minimum Gasteiger partial charge on any atom is -0.408 e. The van der Waals surface area contributed by atoms with E-state index in [1.54, 1.807) is 25.2 Å². The summed E-state index contributed by atoms with van der Waals surface area (Å²) < 4.78 is 20.0. The zero-order chi connectivity index (χ0) is 15.9. The van der Waals surface area contributed by atoms with E-state index in [4.69, 9.17) is 16.0 Å². The Kier molecular flexibility index (Phi) is 3.46. The van der Waals surface area contributed by atoms with Crippen LogP contribution in [0.4, 0.5) is 10.1 Å². The van der Waals surface area contributed by atoms with Crippen molar-refractivity contribution >= 4 is 34.3 Å². The maximum Gasteiger partial charge on any atom is 0.419 e. The Morgan fingerprint density at radius 2 is 2.09 bits per heavy atom. The Morgan fingerprint density at radius 3 is 2.82 bits per heavy atom. The number of hydrogen-bond donors (Lipinski definition) is 1. The van der Waals surface area contributed by atoms with E-state index in [2.05, 4.69) is 5.32 Å². The van der Waals surface area contributed by atoms with Gasteiger partial charge in [-0.05, 0) is 30.3 Å². The van der Waals surface area contributed by atoms with Gasteiger partial charge in [-0.25, -0.2) is 9.18 Å². The molecule has 1 aromatic heterocycles. The molecule has 2 aromatic carbocycles. The van der Waals surface area contributed by atoms with E-state index in [0.717, 1.165) is 6.07 Å². The number of oxazole rings is 1. The third-order valence-electron chi connectivity index (χ3n) is 3.24. The van der Waals surface area contributed by atoms with Gasteiger partial charge >= 0.3 is 5.76 Å². The Morgan fingerprint density at radius 1 is 1.32 bits per heavy atom. The summed E-state index contributed by atoms with van der Waals surface area (Å²) in [6, 6.07) is 8.67. The van der Waals surface area contributed by atoms with Crippen LogP contribution in [-0.4, -0.2) is 10.5 Å². The molecular weight excluding hydrogens is 311 g/mol. The molecule has 0 radical (unpaired) electrons. The molecule has 0 bridgehead atoms. The minimum atomic E-state index is -0.707. The highest BCUT2D eigenvalue weighted by atomic mass is 35.5. The van der Waals surface area contributed by atoms with Crippen molar-refractivity contribution < 1.29 is 13.6 Å². The van der Waals surface area contributed by atoms with Crippen molar-refractivity contribution in [2.45, 2.75) is 0 Å². The second-order valence-electron chi connectivity index (χ2n) is 4.66. The van der Waals surface area contributed by atoms with Crippen LogP contribution in [0.1, 0.15) is 10.4 Å². The van der Waals surface area contributed by atoms with Crippen molar-refractivity contribution in [3.8, 4) is 0 Å². The van der Waals surface area contributed by atoms with Crippen molar-refractivity contribution in [3.05, 3.63) is 63.4 Å². The lowest BCUT2D eigenvalue weighted by Gasteiger charge is -2.07. The second-order valence-corrected chi connectivity index (χ2v) is 5.07. The first-order chi connectivity index (χ1) is 10.5. The van der Waals surface area contributed by atoms with Crippen LogP contribution in [0, 0.1) is 5.82 Å². The number of hydrogen-bond acceptors (Lipinski definition) is 3. The zero-order valence-electron chi connectivity index (χ0n) is 11.4. The monoisotopic (exact) mass is 320 g/mol. The van der Waals surface area contributed by atoms with Gasteiger partial charge in [-0.2, -0.15) is 0 Å². The lowest BCUT2D eigenvalue weighted by atomic mass is 10.2. The number of benzene rings is 2. The van der Waals surface area contributed by atoms with Gasteiger partial charge in [-0.3, -0.25) is 9.36 Å². The van der Waals surface area contributed by atoms with Crippen LogP contribution in [0.2, 0.25) is 5.02 Å². The minimum absolute atomic E-state index is 0.0225. The molecule has 1 amide bonds. The van der Waals surface area contributed by atoms with Gasteiger partial charge in [0.05, 0.1) is 16.1 Å². The maximum atomic E-state index is 13.7. The molecule has 1 heterocycles. The number of carbonyl (C=O) groups excluding carboxylic acids is 1. The van der Waals surface area contributed by atoms with Crippen LogP contribution in [-0.2, 0) is 7.05 Å². The molecule has 22 heavy (non-hydrogen) atoms. The highest BCUT2D eigenvalue weighted by Gasteiger charge is 2.16. The van der Waals surface area contributed by atoms with E-state index < -0.39 is 17.5 Å². The normalized spacial score (nSPS) is 10.9. The molecule has 0 saturated carbocycles. The number of halogens is 2. The predicted molar refractivity (Wildman–Crippen MR) is 80.8 cm³/mol. The van der Waals surface area contributed by atoms with E-state index in [0.29, 0.717) is 16.8 Å². The number of nitrogens with zero attached hydrogens (tertiary/aromatic N) is 1. The van der Waals surface area contributed by atoms with Crippen LogP contribution in [0.5, 0.6) is 0 Å². The van der Waals surface area contributed by atoms with Gasteiger partial charge in [0.15, 0.2) is 5.58 Å². The number of fused-ring (bicyclic) bond motifs is 1. The molecule has 0 aliphatic heterocycles. The van der Waals surface area contributed by atoms with E-state index in [1.165, 1.54) is 16.7 Å². The summed E-state index contributed by atoms with van der Waals surface area (Å²) in [5.41, 5.74) is 1.08. The summed E-state index contributed by atoms with van der Waals surface area (Å²) in [5, 5.41) is 2.57. The molecule has 0 spiro atoms. The van der Waals surface area contributed by atoms with Gasteiger partial charge < -0.3 is 9.73 Å². The molecule has 112 valence electrons. The third-order valence-corrected chi connectivity index (χ3v) is 3.55. The summed E-state index contributed by atoms with van der Waals surface area (Å²) in [6.45, 7) is 0. The maximum absolute atomic E-state index is 13.7. The number of aryl methyl sites for hydroxylation is 1. The molecule has 0 aliphatic carbocycles. The highest BCUT2D eigenvalue weighted by Crippen LogP contribution is 2.22. The molecule has 3 aromatic rings. The second kappa shape index (κ2) is 5.31. The molecule has 5 nitrogen and oxygen atoms in total. The van der Waals surface area contributed by atoms with Gasteiger partial charge in [-0.1, -0.05) is 17.7 Å². The van der Waals surface area contributed by atoms with Crippen molar-refractivity contribution in [3.63, 3.8) is 0 Å². The average molecular weight is 321 g/mol. The fourth-order valence-electron chi connectivity index (χ4n) is 2.11. The van der Waals surface area contributed by atoms with E-state index in [1.807, 2.05) is 0 Å². The van der Waals surface area contributed by atoms with Crippen molar-refractivity contribution in [2.75, 3.05) is 5.32 Å². The molecule has 0 fully saturated rings. The first kappa shape index (κ1) is 14.3. The lowest BCUT2D eigenvalue weighted by molar-refractivity contribution is 0.102. The average Bonchev–Trinajstić information content (AvgIpc) is 2.74. The van der Waals surface area contributed by atoms with Crippen LogP contribution >= 0.6 is 11.6 Å². The largest absolute Gasteiger partial charge is 0.419 e. The first-order valence-corrected chi connectivity index (χ1v) is 6.70. The van der Waals surface area contributed by atoms with Crippen LogP contribution in [0.25, 0.3) is 11.1 Å². The summed E-state index contributed by atoms with van der Waals surface area (Å²) in [5.74, 6) is -1.88. The molecule has 3 rings (SSSR count). The Bertz CT molecular complexity index is 925. The van der Waals surface area contributed by atoms with Crippen molar-refractivity contribution in [1.29, 1.82) is 0 Å². The van der Waals surface area contributed by atoms with E-state index in [-0.39, 0.29) is 10.6 Å². The summed E-state index contributed by atoms with van der Waals surface area (Å²) in [7, 11) is 1.55. The van der Waals surface area contributed by atoms with Crippen molar-refractivity contribution in [2.24, 2.45) is 7.05 Å². The van der Waals surface area contributed by atoms with E-state index >= 15 is 0 Å². The molecular formula is C15H10ClFN2O3. The Labute approximate surface area is 128 Å². The molecule has 1 N–H and O–H groups in total. The number of nitrogens with one attached hydrogen (secondary N) is 1. The van der Waals surface area contributed by atoms with Gasteiger partial charge in [0.1, 0.15) is 5.82 Å². The van der Waals surface area contributed by atoms with Gasteiger partial charge in [0.25, 0.3) is 5.91 Å². The number of amides is 1. The fraction of sp³-hybridized carbons (Fsp3) is 0.0667. The molecule has 0 saturated heterocycles. The van der Waals surface area contributed by atoms with Crippen LogP contribution in [0.15, 0.2) is 45.6 Å². The van der Waals surface area contributed by atoms with Crippen LogP contribution < -0.4 is 11.1 Å². The molecule has 0 atom stereocenters. The van der Waals surface area contributed by atoms with Gasteiger partial charge in [0, 0.05) is 12.7 Å². The SMILES string of the molecule is Cn1c(=O)oc2ccc(NC(=O)c3c(F)cccc3Cl)cc21. The van der Waals surface area contributed by atoms with Crippen LogP contribution in [0.3, 0.4) is 0 Å². The summed E-state index contributed by atoms with van der Waals surface area (Å²) in [6.07, 6.45) is 0. The lowest BCUT2D eigenvalue weighted by Crippen LogP contribution is -2.14. The fourth-order valence-corrected chi connectivity index (χ4v) is 2.36.